The molecule has 6 aliphatic rings. The molecule has 6 bridgehead atoms. The fourth-order valence-electron chi connectivity index (χ4n) is 17.6. The van der Waals surface area contributed by atoms with Gasteiger partial charge < -0.3 is 43.9 Å². The van der Waals surface area contributed by atoms with E-state index in [4.69, 9.17) is 34.3 Å². The lowest BCUT2D eigenvalue weighted by molar-refractivity contribution is 0.143. The first kappa shape index (κ1) is 64.0. The highest BCUT2D eigenvalue weighted by Crippen LogP contribution is 2.55. The minimum Gasteiger partial charge on any atom is -0.441 e. The zero-order chi connectivity index (χ0) is 68.2. The number of imidazole rings is 2. The Morgan fingerprint density at radius 2 is 1.02 bits per heavy atom. The van der Waals surface area contributed by atoms with E-state index in [2.05, 4.69) is 125 Å². The van der Waals surface area contributed by atoms with Crippen LogP contribution in [-0.4, -0.2) is 133 Å². The molecule has 1 aliphatic carbocycles. The second-order valence-corrected chi connectivity index (χ2v) is 33.3. The van der Waals surface area contributed by atoms with Gasteiger partial charge in [-0.15, -0.1) is 0 Å². The zero-order valence-electron chi connectivity index (χ0n) is 57.3. The number of nitriles is 2. The molecule has 7 atom stereocenters. The van der Waals surface area contributed by atoms with Crippen LogP contribution in [0.2, 0.25) is 0 Å². The molecule has 6 fully saturated rings. The van der Waals surface area contributed by atoms with Gasteiger partial charge in [0.2, 0.25) is 0 Å². The van der Waals surface area contributed by atoms with Gasteiger partial charge in [-0.25, -0.2) is 54.2 Å². The maximum Gasteiger partial charge on any atom is 0.192 e. The molecule has 5 aliphatic heterocycles. The largest absolute Gasteiger partial charge is 0.441 e. The molecule has 21 nitrogen and oxygen atoms in total. The van der Waals surface area contributed by atoms with E-state index in [9.17, 15) is 14.9 Å². The molecule has 3 N–H and O–H groups in total. The Bertz CT molecular complexity index is 5240. The monoisotopic (exact) mass is 1370 g/mol. The number of hydrogen-bond acceptors (Lipinski definition) is 22. The van der Waals surface area contributed by atoms with Gasteiger partial charge in [0.15, 0.2) is 49.8 Å². The van der Waals surface area contributed by atoms with Crippen molar-refractivity contribution in [2.45, 2.75) is 167 Å². The van der Waals surface area contributed by atoms with Crippen molar-refractivity contribution in [1.29, 1.82) is 10.5 Å². The number of halogens is 1. The molecule has 0 spiro atoms. The number of rotatable bonds is 9. The smallest absolute Gasteiger partial charge is 0.192 e. The van der Waals surface area contributed by atoms with Gasteiger partial charge in [0.25, 0.3) is 0 Å². The number of nitrogens with one attached hydrogen (secondary N) is 3. The van der Waals surface area contributed by atoms with E-state index in [1.165, 1.54) is 44.6 Å². The number of aromatic nitrogens is 12. The average Bonchev–Trinajstić information content (AvgIpc) is 1.49. The van der Waals surface area contributed by atoms with Crippen LogP contribution < -0.4 is 30.7 Å². The molecule has 0 amide bonds. The summed E-state index contributed by atoms with van der Waals surface area (Å²) >= 11 is 4.85. The lowest BCUT2D eigenvalue weighted by Crippen LogP contribution is -2.60. The predicted molar refractivity (Wildman–Crippen MR) is 387 cm³/mol. The molecule has 25 heteroatoms. The van der Waals surface area contributed by atoms with Gasteiger partial charge in [-0.2, -0.15) is 10.5 Å². The summed E-state index contributed by atoms with van der Waals surface area (Å²) < 4.78 is 23.9. The number of thiazole rings is 3. The number of pyridine rings is 4. The van der Waals surface area contributed by atoms with Crippen molar-refractivity contribution < 1.29 is 8.81 Å². The number of oxazole rings is 1. The van der Waals surface area contributed by atoms with E-state index in [1.54, 1.807) is 57.6 Å². The molecule has 16 heterocycles. The first-order valence-electron chi connectivity index (χ1n) is 33.8. The third-order valence-electron chi connectivity index (χ3n) is 22.1. The minimum atomic E-state index is -0.343. The Kier molecular flexibility index (Phi) is 15.2. The fraction of sp³-hybridized carbons (Fsp3) is 0.452. The van der Waals surface area contributed by atoms with Gasteiger partial charge in [-0.3, -0.25) is 0 Å². The lowest BCUT2D eigenvalue weighted by Gasteiger charge is -2.49. The molecule has 0 radical (unpaired) electrons. The van der Waals surface area contributed by atoms with Crippen LogP contribution in [0.25, 0.3) is 87.3 Å². The molecule has 502 valence electrons. The summed E-state index contributed by atoms with van der Waals surface area (Å²) in [5.74, 6) is 0.734. The van der Waals surface area contributed by atoms with Crippen LogP contribution in [0.1, 0.15) is 134 Å². The molecule has 18 rings (SSSR count). The Balaban J connectivity index is 0.000000115. The number of nitrogens with zero attached hydrogens (tertiary/aromatic N) is 17. The molecular formula is C73H79FN20OS3. The van der Waals surface area contributed by atoms with E-state index >= 15 is 0 Å². The van der Waals surface area contributed by atoms with Crippen molar-refractivity contribution in [3.05, 3.63) is 114 Å². The predicted octanol–water partition coefficient (Wildman–Crippen LogP) is 13.9. The molecule has 6 unspecified atom stereocenters. The van der Waals surface area contributed by atoms with Crippen LogP contribution in [0.5, 0.6) is 0 Å². The van der Waals surface area contributed by atoms with Crippen molar-refractivity contribution in [2.75, 3.05) is 48.9 Å². The number of piperidine rings is 3. The second-order valence-electron chi connectivity index (χ2n) is 30.5. The van der Waals surface area contributed by atoms with Crippen LogP contribution in [0.15, 0.2) is 83.9 Å². The third-order valence-corrected chi connectivity index (χ3v) is 25.2. The first-order valence-corrected chi connectivity index (χ1v) is 36.2. The van der Waals surface area contributed by atoms with E-state index in [0.717, 1.165) is 125 Å². The maximum absolute atomic E-state index is 14.6. The van der Waals surface area contributed by atoms with E-state index in [1.807, 2.05) is 79.4 Å². The highest BCUT2D eigenvalue weighted by Gasteiger charge is 2.57. The summed E-state index contributed by atoms with van der Waals surface area (Å²) in [5, 5.41) is 33.5. The Hall–Kier alpha value is -8.69. The van der Waals surface area contributed by atoms with Crippen molar-refractivity contribution in [3.63, 3.8) is 0 Å². The lowest BCUT2D eigenvalue weighted by atomic mass is 9.72. The number of fused-ring (bicyclic) bond motifs is 12. The number of aryl methyl sites for hydroxylation is 3. The van der Waals surface area contributed by atoms with E-state index in [-0.39, 0.29) is 38.8 Å². The SMILES string of the molecule is Cc1cn2cc(-c3ccc4nc(N(C)C5CC6(C)CCC(C)(C5)N6)sc4n3)cc(C#N)c2n1.Cc1cn2cc(-c3ccc4nc(N(C)C5CC6(C)CCC(C)(C5)N6)sc4n3)cc(F)c2n1.Cc1nc2c(C#N)cc(-c3ncc4nc(N(C)C5C6(C)CC[C@]5(C)CNC6)sc4n3)cc2o1. The molecule has 11 aromatic heterocycles. The van der Waals surface area contributed by atoms with Crippen molar-refractivity contribution in [1.82, 2.24) is 74.6 Å². The Labute approximate surface area is 579 Å². The highest BCUT2D eigenvalue weighted by molar-refractivity contribution is 7.22. The molecule has 12 aromatic rings. The average molecular weight is 1370 g/mol. The zero-order valence-corrected chi connectivity index (χ0v) is 59.8. The van der Waals surface area contributed by atoms with Crippen molar-refractivity contribution in [3.8, 4) is 46.0 Å². The first-order chi connectivity index (χ1) is 46.7. The summed E-state index contributed by atoms with van der Waals surface area (Å²) in [6.45, 7) is 21.8. The van der Waals surface area contributed by atoms with Crippen molar-refractivity contribution >= 4 is 103 Å². The maximum atomic E-state index is 14.6. The van der Waals surface area contributed by atoms with Crippen LogP contribution in [-0.2, 0) is 0 Å². The molecule has 1 aromatic carbocycles. The summed E-state index contributed by atoms with van der Waals surface area (Å²) in [5.41, 5.74) is 12.7. The third kappa shape index (κ3) is 11.4. The standard InChI is InChI=1S/C25H27N7S.C24H27FN6S.C24H25N7OS/c1-15-13-32-14-17(9-16(12-26)21(32)27-15)19-5-6-20-22(28-19)33-23(29-20)31(4)18-10-24(2)7-8-25(3,11-18)30-24;1-14-12-31-13-15(9-17(25)20(31)26-14)18-5-6-19-21(27-18)32-22(28-19)30(4)16-10-23(2)7-8-24(3,11-16)29-23;1-13-28-18-15(9-25)7-14(8-17(18)32-13)19-27-10-16-20(30-19)33-22(29-16)31(4)21-23(2)5-6-24(21,3)12-26-11-23/h5-6,9,13-14,18,30H,7-8,10-11H2,1-4H3;5-6,9,12-13,16,29H,7-8,10-11H2,1-4H3;7-8,10,21,26H,5-6,11-12H2,1-4H3/t;;21?,23-,24?/m..1/s1. The van der Waals surface area contributed by atoms with Crippen LogP contribution in [0.3, 0.4) is 0 Å². The summed E-state index contributed by atoms with van der Waals surface area (Å²) in [4.78, 5) is 56.5. The molecule has 1 saturated carbocycles. The van der Waals surface area contributed by atoms with Gasteiger partial charge in [-0.1, -0.05) is 47.9 Å². The summed E-state index contributed by atoms with van der Waals surface area (Å²) in [6, 6.07) is 20.8. The highest BCUT2D eigenvalue weighted by atomic mass is 32.1. The number of hydrogen-bond donors (Lipinski definition) is 3. The van der Waals surface area contributed by atoms with Gasteiger partial charge in [0, 0.05) is 134 Å². The quantitative estimate of drug-likeness (QED) is 0.122. The van der Waals surface area contributed by atoms with Gasteiger partial charge in [0.05, 0.1) is 40.1 Å². The minimum absolute atomic E-state index is 0.211. The van der Waals surface area contributed by atoms with Crippen LogP contribution >= 0.6 is 34.0 Å². The molecule has 98 heavy (non-hydrogen) atoms. The van der Waals surface area contributed by atoms with Crippen LogP contribution in [0.4, 0.5) is 19.8 Å². The molecule has 5 saturated heterocycles. The molecular weight excluding hydrogens is 1290 g/mol. The number of anilines is 3. The number of benzene rings is 1. The van der Waals surface area contributed by atoms with E-state index < -0.39 is 0 Å². The van der Waals surface area contributed by atoms with E-state index in [0.29, 0.717) is 63.4 Å². The summed E-state index contributed by atoms with van der Waals surface area (Å²) in [6.07, 6.45) is 21.3. The summed E-state index contributed by atoms with van der Waals surface area (Å²) in [7, 11) is 6.50. The van der Waals surface area contributed by atoms with Crippen LogP contribution in [0, 0.1) is 60.1 Å². The fourth-order valence-corrected chi connectivity index (χ4v) is 20.5. The van der Waals surface area contributed by atoms with Gasteiger partial charge in [-0.05, 0) is 154 Å². The normalized spacial score (nSPS) is 26.9. The Morgan fingerprint density at radius 3 is 1.56 bits per heavy atom. The second kappa shape index (κ2) is 23.2. The Morgan fingerprint density at radius 1 is 0.541 bits per heavy atom. The van der Waals surface area contributed by atoms with Gasteiger partial charge >= 0.3 is 0 Å². The van der Waals surface area contributed by atoms with Crippen molar-refractivity contribution in [2.24, 2.45) is 10.8 Å². The topological polar surface area (TPSA) is 244 Å². The van der Waals surface area contributed by atoms with Gasteiger partial charge in [0.1, 0.15) is 48.7 Å².